The van der Waals surface area contributed by atoms with Gasteiger partial charge in [-0.2, -0.15) is 5.10 Å². The quantitative estimate of drug-likeness (QED) is 0.848. The monoisotopic (exact) mass is 318 g/mol. The zero-order valence-corrected chi connectivity index (χ0v) is 14.3. The van der Waals surface area contributed by atoms with Crippen LogP contribution >= 0.6 is 0 Å². The summed E-state index contributed by atoms with van der Waals surface area (Å²) in [6, 6.07) is 2.59. The first-order valence-corrected chi connectivity index (χ1v) is 9.34. The molecule has 1 aliphatic carbocycles. The Labute approximate surface area is 139 Å². The molecule has 5 nitrogen and oxygen atoms in total. The first kappa shape index (κ1) is 16.5. The van der Waals surface area contributed by atoms with Gasteiger partial charge in [-0.15, -0.1) is 0 Å². The van der Waals surface area contributed by atoms with Gasteiger partial charge >= 0.3 is 0 Å². The van der Waals surface area contributed by atoms with Crippen LogP contribution in [-0.4, -0.2) is 34.8 Å². The van der Waals surface area contributed by atoms with Gasteiger partial charge in [0.1, 0.15) is 5.69 Å². The van der Waals surface area contributed by atoms with Crippen LogP contribution in [-0.2, 0) is 0 Å². The second-order valence-electron chi connectivity index (χ2n) is 7.09. The van der Waals surface area contributed by atoms with E-state index in [0.29, 0.717) is 23.7 Å². The third-order valence-corrected chi connectivity index (χ3v) is 5.39. The lowest BCUT2D eigenvalue weighted by atomic mass is 9.97. The highest BCUT2D eigenvalue weighted by Crippen LogP contribution is 2.30. The van der Waals surface area contributed by atoms with E-state index in [-0.39, 0.29) is 5.91 Å². The van der Waals surface area contributed by atoms with Crippen molar-refractivity contribution in [3.63, 3.8) is 0 Å². The number of nitrogens with zero attached hydrogens (tertiary/aromatic N) is 2. The molecule has 3 atom stereocenters. The maximum atomic E-state index is 12.5. The number of hydrogen-bond donors (Lipinski definition) is 2. The molecule has 1 aliphatic heterocycles. The molecular formula is C18H30N4O. The Morgan fingerprint density at radius 1 is 1.39 bits per heavy atom. The van der Waals surface area contributed by atoms with Gasteiger partial charge in [-0.25, -0.2) is 0 Å². The minimum atomic E-state index is 0.000849. The van der Waals surface area contributed by atoms with Crippen LogP contribution in [0.5, 0.6) is 0 Å². The summed E-state index contributed by atoms with van der Waals surface area (Å²) in [7, 11) is 0. The van der Waals surface area contributed by atoms with Gasteiger partial charge in [0.05, 0.1) is 6.04 Å². The van der Waals surface area contributed by atoms with Crippen molar-refractivity contribution in [2.45, 2.75) is 70.4 Å². The standard InChI is InChI=1S/C18H30N4O/c1-2-3-6-14-7-4-9-16(14)20-18(23)17-10-12-22(21-17)15-8-5-11-19-13-15/h10,12,14-16,19H,2-9,11,13H2,1H3,(H,20,23). The van der Waals surface area contributed by atoms with Crippen molar-refractivity contribution in [1.82, 2.24) is 20.4 Å². The van der Waals surface area contributed by atoms with Crippen molar-refractivity contribution in [2.24, 2.45) is 5.92 Å². The highest BCUT2D eigenvalue weighted by atomic mass is 16.2. The number of hydrogen-bond acceptors (Lipinski definition) is 3. The van der Waals surface area contributed by atoms with Crippen molar-refractivity contribution in [1.29, 1.82) is 0 Å². The number of piperidine rings is 1. The Hall–Kier alpha value is -1.36. The molecule has 1 saturated heterocycles. The first-order valence-electron chi connectivity index (χ1n) is 9.34. The molecule has 2 heterocycles. The molecule has 1 saturated carbocycles. The first-order chi connectivity index (χ1) is 11.3. The lowest BCUT2D eigenvalue weighted by Crippen LogP contribution is -2.37. The van der Waals surface area contributed by atoms with Gasteiger partial charge in [0, 0.05) is 18.8 Å². The number of unbranched alkanes of at least 4 members (excludes halogenated alkanes) is 1. The molecule has 0 aromatic carbocycles. The number of nitrogens with one attached hydrogen (secondary N) is 2. The van der Waals surface area contributed by atoms with Crippen molar-refractivity contribution < 1.29 is 4.79 Å². The van der Waals surface area contributed by atoms with E-state index >= 15 is 0 Å². The Morgan fingerprint density at radius 2 is 2.30 bits per heavy atom. The minimum absolute atomic E-state index is 0.000849. The summed E-state index contributed by atoms with van der Waals surface area (Å²) < 4.78 is 1.96. The van der Waals surface area contributed by atoms with Gasteiger partial charge in [-0.3, -0.25) is 9.48 Å². The molecule has 0 bridgehead atoms. The molecule has 128 valence electrons. The van der Waals surface area contributed by atoms with Gasteiger partial charge < -0.3 is 10.6 Å². The van der Waals surface area contributed by atoms with E-state index in [1.165, 1.54) is 38.5 Å². The van der Waals surface area contributed by atoms with Gasteiger partial charge in [0.25, 0.3) is 5.91 Å². The van der Waals surface area contributed by atoms with E-state index in [1.54, 1.807) is 0 Å². The SMILES string of the molecule is CCCCC1CCCC1NC(=O)c1ccn(C2CCCNC2)n1. The summed E-state index contributed by atoms with van der Waals surface area (Å²) in [4.78, 5) is 12.5. The van der Waals surface area contributed by atoms with Crippen molar-refractivity contribution >= 4 is 5.91 Å². The minimum Gasteiger partial charge on any atom is -0.348 e. The number of carbonyl (C=O) groups is 1. The molecule has 1 aromatic rings. The molecule has 23 heavy (non-hydrogen) atoms. The fraction of sp³-hybridized carbons (Fsp3) is 0.778. The average molecular weight is 318 g/mol. The maximum Gasteiger partial charge on any atom is 0.272 e. The van der Waals surface area contributed by atoms with Crippen LogP contribution < -0.4 is 10.6 Å². The Bertz CT molecular complexity index is 507. The van der Waals surface area contributed by atoms with E-state index < -0.39 is 0 Å². The predicted molar refractivity (Wildman–Crippen MR) is 91.5 cm³/mol. The summed E-state index contributed by atoms with van der Waals surface area (Å²) in [5.41, 5.74) is 0.566. The van der Waals surface area contributed by atoms with Gasteiger partial charge in [0.2, 0.25) is 0 Å². The number of aromatic nitrogens is 2. The molecular weight excluding hydrogens is 288 g/mol. The Morgan fingerprint density at radius 3 is 3.09 bits per heavy atom. The molecule has 3 rings (SSSR count). The third kappa shape index (κ3) is 4.14. The Balaban J connectivity index is 1.56. The molecule has 0 spiro atoms. The molecule has 2 N–H and O–H groups in total. The van der Waals surface area contributed by atoms with Crippen molar-refractivity contribution in [3.05, 3.63) is 18.0 Å². The average Bonchev–Trinajstić information content (AvgIpc) is 3.23. The van der Waals surface area contributed by atoms with Crippen LogP contribution in [0.2, 0.25) is 0 Å². The fourth-order valence-electron chi connectivity index (χ4n) is 4.00. The number of rotatable bonds is 6. The van der Waals surface area contributed by atoms with E-state index in [0.717, 1.165) is 25.9 Å². The van der Waals surface area contributed by atoms with Crippen LogP contribution in [0, 0.1) is 5.92 Å². The topological polar surface area (TPSA) is 59.0 Å². The van der Waals surface area contributed by atoms with Crippen LogP contribution in [0.25, 0.3) is 0 Å². The van der Waals surface area contributed by atoms with E-state index in [1.807, 2.05) is 16.9 Å². The van der Waals surface area contributed by atoms with Gasteiger partial charge in [-0.05, 0) is 50.6 Å². The van der Waals surface area contributed by atoms with Crippen molar-refractivity contribution in [3.8, 4) is 0 Å². The molecule has 2 aliphatic rings. The number of amides is 1. The van der Waals surface area contributed by atoms with Crippen molar-refractivity contribution in [2.75, 3.05) is 13.1 Å². The normalized spacial score (nSPS) is 28.0. The number of carbonyl (C=O) groups excluding carboxylic acids is 1. The molecule has 1 amide bonds. The smallest absolute Gasteiger partial charge is 0.272 e. The summed E-state index contributed by atoms with van der Waals surface area (Å²) in [5.74, 6) is 0.657. The largest absolute Gasteiger partial charge is 0.348 e. The van der Waals surface area contributed by atoms with Crippen LogP contribution in [0.3, 0.4) is 0 Å². The summed E-state index contributed by atoms with van der Waals surface area (Å²) in [6.07, 6.45) is 11.6. The lowest BCUT2D eigenvalue weighted by molar-refractivity contribution is 0.0920. The lowest BCUT2D eigenvalue weighted by Gasteiger charge is -2.23. The third-order valence-electron chi connectivity index (χ3n) is 5.39. The van der Waals surface area contributed by atoms with Crippen LogP contribution in [0.15, 0.2) is 12.3 Å². The van der Waals surface area contributed by atoms with E-state index in [2.05, 4.69) is 22.7 Å². The van der Waals surface area contributed by atoms with Crippen LogP contribution in [0.1, 0.15) is 74.8 Å². The van der Waals surface area contributed by atoms with E-state index in [9.17, 15) is 4.79 Å². The zero-order valence-electron chi connectivity index (χ0n) is 14.3. The second kappa shape index (κ2) is 7.95. The second-order valence-corrected chi connectivity index (χ2v) is 7.09. The van der Waals surface area contributed by atoms with E-state index in [4.69, 9.17) is 0 Å². The maximum absolute atomic E-state index is 12.5. The highest BCUT2D eigenvalue weighted by Gasteiger charge is 2.29. The molecule has 0 radical (unpaired) electrons. The summed E-state index contributed by atoms with van der Waals surface area (Å²) >= 11 is 0. The molecule has 2 fully saturated rings. The summed E-state index contributed by atoms with van der Waals surface area (Å²) in [6.45, 7) is 4.27. The molecule has 3 unspecified atom stereocenters. The summed E-state index contributed by atoms with van der Waals surface area (Å²) in [5, 5.41) is 11.2. The molecule has 5 heteroatoms. The molecule has 1 aromatic heterocycles. The Kier molecular flexibility index (Phi) is 5.70. The highest BCUT2D eigenvalue weighted by molar-refractivity contribution is 5.92. The van der Waals surface area contributed by atoms with Gasteiger partial charge in [-0.1, -0.05) is 26.2 Å². The predicted octanol–water partition coefficient (Wildman–Crippen LogP) is 2.90. The fourth-order valence-corrected chi connectivity index (χ4v) is 4.00. The van der Waals surface area contributed by atoms with Gasteiger partial charge in [0.15, 0.2) is 0 Å². The van der Waals surface area contributed by atoms with Crippen LogP contribution in [0.4, 0.5) is 0 Å². The zero-order chi connectivity index (χ0) is 16.1.